The third-order valence-corrected chi connectivity index (χ3v) is 3.33. The molecule has 0 aromatic heterocycles. The van der Waals surface area contributed by atoms with E-state index in [2.05, 4.69) is 17.7 Å². The first kappa shape index (κ1) is 7.56. The lowest BCUT2D eigenvalue weighted by Crippen LogP contribution is -2.35. The van der Waals surface area contributed by atoms with Crippen LogP contribution in [0.3, 0.4) is 0 Å². The Morgan fingerprint density at radius 2 is 2.09 bits per heavy atom. The minimum atomic E-state index is 0.549. The van der Waals surface area contributed by atoms with Crippen LogP contribution in [-0.2, 0) is 0 Å². The maximum Gasteiger partial charge on any atom is 0.0207 e. The van der Waals surface area contributed by atoms with E-state index in [1.54, 1.807) is 0 Å². The lowest BCUT2D eigenvalue weighted by Gasteiger charge is -2.22. The molecule has 2 fully saturated rings. The van der Waals surface area contributed by atoms with Crippen molar-refractivity contribution >= 4 is 0 Å². The van der Waals surface area contributed by atoms with Gasteiger partial charge >= 0.3 is 0 Å². The van der Waals surface area contributed by atoms with E-state index in [9.17, 15) is 0 Å². The zero-order valence-electron chi connectivity index (χ0n) is 7.32. The zero-order valence-corrected chi connectivity index (χ0v) is 7.32. The normalized spacial score (nSPS) is 35.2. The Morgan fingerprint density at radius 1 is 1.36 bits per heavy atom. The van der Waals surface area contributed by atoms with Gasteiger partial charge in [-0.3, -0.25) is 0 Å². The highest BCUT2D eigenvalue weighted by molar-refractivity contribution is 5.01. The summed E-state index contributed by atoms with van der Waals surface area (Å²) in [6, 6.07) is 0.730. The second kappa shape index (κ2) is 2.76. The Bertz CT molecular complexity index is 138. The van der Waals surface area contributed by atoms with Gasteiger partial charge in [-0.25, -0.2) is 0 Å². The number of rotatable bonds is 1. The van der Waals surface area contributed by atoms with Gasteiger partial charge in [0, 0.05) is 18.1 Å². The predicted molar refractivity (Wildman–Crippen MR) is 46.7 cm³/mol. The Hall–Kier alpha value is -0.0800. The van der Waals surface area contributed by atoms with Gasteiger partial charge in [-0.05, 0) is 26.3 Å². The smallest absolute Gasteiger partial charge is 0.0207 e. The van der Waals surface area contributed by atoms with E-state index >= 15 is 0 Å². The van der Waals surface area contributed by atoms with Crippen molar-refractivity contribution in [2.75, 3.05) is 13.6 Å². The molecule has 0 amide bonds. The maximum absolute atomic E-state index is 3.67. The third kappa shape index (κ3) is 1.30. The molecule has 1 spiro atoms. The lowest BCUT2D eigenvalue weighted by atomic mass is 9.94. The lowest BCUT2D eigenvalue weighted by molar-refractivity contribution is 0.380. The van der Waals surface area contributed by atoms with Crippen molar-refractivity contribution in [1.29, 1.82) is 0 Å². The summed E-state index contributed by atoms with van der Waals surface area (Å²) in [7, 11) is 2.07. The van der Waals surface area contributed by atoms with E-state index in [-0.39, 0.29) is 0 Å². The summed E-state index contributed by atoms with van der Waals surface area (Å²) < 4.78 is 0. The highest BCUT2D eigenvalue weighted by atomic mass is 15.1. The van der Waals surface area contributed by atoms with Crippen molar-refractivity contribution in [3.8, 4) is 0 Å². The average Bonchev–Trinajstić information content (AvgIpc) is 2.62. The number of likely N-dealkylation sites (N-methyl/N-ethyl adjacent to an activating group) is 1. The molecule has 0 bridgehead atoms. The largest absolute Gasteiger partial charge is 0.316 e. The van der Waals surface area contributed by atoms with E-state index in [0.717, 1.165) is 6.04 Å². The van der Waals surface area contributed by atoms with Gasteiger partial charge in [0.05, 0.1) is 0 Å². The van der Waals surface area contributed by atoms with Crippen LogP contribution >= 0.6 is 0 Å². The standard InChI is InChI=1S/C9H18N2/c1-10-8-6-9(11-7-8)4-2-3-5-9/h8,10-11H,2-7H2,1H3. The summed E-state index contributed by atoms with van der Waals surface area (Å²) >= 11 is 0. The fraction of sp³-hybridized carbons (Fsp3) is 1.00. The van der Waals surface area contributed by atoms with Gasteiger partial charge in [-0.2, -0.15) is 0 Å². The molecule has 0 aromatic carbocycles. The van der Waals surface area contributed by atoms with Gasteiger partial charge in [0.1, 0.15) is 0 Å². The Labute approximate surface area is 68.7 Å². The molecule has 11 heavy (non-hydrogen) atoms. The first-order valence-electron chi connectivity index (χ1n) is 4.77. The number of hydrogen-bond acceptors (Lipinski definition) is 2. The number of nitrogens with one attached hydrogen (secondary N) is 2. The minimum Gasteiger partial charge on any atom is -0.316 e. The number of hydrogen-bond donors (Lipinski definition) is 2. The van der Waals surface area contributed by atoms with Gasteiger partial charge < -0.3 is 10.6 Å². The van der Waals surface area contributed by atoms with Crippen molar-refractivity contribution in [3.05, 3.63) is 0 Å². The summed E-state index contributed by atoms with van der Waals surface area (Å²) in [4.78, 5) is 0. The van der Waals surface area contributed by atoms with Crippen molar-refractivity contribution < 1.29 is 0 Å². The predicted octanol–water partition coefficient (Wildman–Crippen LogP) is 0.880. The SMILES string of the molecule is CNC1CNC2(CCCC2)C1. The van der Waals surface area contributed by atoms with Crippen molar-refractivity contribution in [2.45, 2.75) is 43.7 Å². The zero-order chi connectivity index (χ0) is 7.73. The molecule has 1 saturated heterocycles. The second-order valence-electron chi connectivity index (χ2n) is 4.06. The van der Waals surface area contributed by atoms with Crippen LogP contribution in [0.25, 0.3) is 0 Å². The molecule has 1 unspecified atom stereocenters. The fourth-order valence-electron chi connectivity index (χ4n) is 2.59. The Kier molecular flexibility index (Phi) is 1.90. The van der Waals surface area contributed by atoms with Crippen LogP contribution in [0.15, 0.2) is 0 Å². The second-order valence-corrected chi connectivity index (χ2v) is 4.06. The summed E-state index contributed by atoms with van der Waals surface area (Å²) in [6.45, 7) is 1.18. The summed E-state index contributed by atoms with van der Waals surface area (Å²) in [5, 5.41) is 7.02. The molecule has 64 valence electrons. The van der Waals surface area contributed by atoms with E-state index < -0.39 is 0 Å². The first-order valence-corrected chi connectivity index (χ1v) is 4.77. The van der Waals surface area contributed by atoms with Gasteiger partial charge in [0.2, 0.25) is 0 Å². The fourth-order valence-corrected chi connectivity index (χ4v) is 2.59. The van der Waals surface area contributed by atoms with Gasteiger partial charge in [0.15, 0.2) is 0 Å². The van der Waals surface area contributed by atoms with Crippen LogP contribution in [0.5, 0.6) is 0 Å². The molecule has 2 N–H and O–H groups in total. The molecule has 2 aliphatic rings. The van der Waals surface area contributed by atoms with Gasteiger partial charge in [-0.15, -0.1) is 0 Å². The molecule has 1 aliphatic heterocycles. The summed E-state index contributed by atoms with van der Waals surface area (Å²) in [5.41, 5.74) is 0.549. The van der Waals surface area contributed by atoms with Crippen molar-refractivity contribution in [3.63, 3.8) is 0 Å². The summed E-state index contributed by atoms with van der Waals surface area (Å²) in [5.74, 6) is 0. The first-order chi connectivity index (χ1) is 5.35. The molecule has 0 radical (unpaired) electrons. The average molecular weight is 154 g/mol. The van der Waals surface area contributed by atoms with E-state index in [4.69, 9.17) is 0 Å². The highest BCUT2D eigenvalue weighted by Gasteiger charge is 2.39. The third-order valence-electron chi connectivity index (χ3n) is 3.33. The van der Waals surface area contributed by atoms with Crippen molar-refractivity contribution in [2.24, 2.45) is 0 Å². The molecule has 1 saturated carbocycles. The van der Waals surface area contributed by atoms with Crippen LogP contribution in [0.1, 0.15) is 32.1 Å². The molecule has 2 rings (SSSR count). The summed E-state index contributed by atoms with van der Waals surface area (Å²) in [6.07, 6.45) is 7.03. The molecular formula is C9H18N2. The molecular weight excluding hydrogens is 136 g/mol. The van der Waals surface area contributed by atoms with E-state index in [0.29, 0.717) is 5.54 Å². The monoisotopic (exact) mass is 154 g/mol. The topological polar surface area (TPSA) is 24.1 Å². The Balaban J connectivity index is 1.96. The Morgan fingerprint density at radius 3 is 2.64 bits per heavy atom. The maximum atomic E-state index is 3.67. The molecule has 2 nitrogen and oxygen atoms in total. The molecule has 1 atom stereocenters. The quantitative estimate of drug-likeness (QED) is 0.586. The molecule has 2 heteroatoms. The van der Waals surface area contributed by atoms with Crippen LogP contribution in [0.4, 0.5) is 0 Å². The minimum absolute atomic E-state index is 0.549. The van der Waals surface area contributed by atoms with E-state index in [1.807, 2.05) is 0 Å². The van der Waals surface area contributed by atoms with E-state index in [1.165, 1.54) is 38.6 Å². The molecule has 1 aliphatic carbocycles. The molecule has 0 aromatic rings. The van der Waals surface area contributed by atoms with Crippen molar-refractivity contribution in [1.82, 2.24) is 10.6 Å². The van der Waals surface area contributed by atoms with Crippen LogP contribution in [-0.4, -0.2) is 25.2 Å². The van der Waals surface area contributed by atoms with Crippen LogP contribution in [0.2, 0.25) is 0 Å². The van der Waals surface area contributed by atoms with Crippen LogP contribution in [0, 0.1) is 0 Å². The van der Waals surface area contributed by atoms with Gasteiger partial charge in [0.25, 0.3) is 0 Å². The molecule has 1 heterocycles. The van der Waals surface area contributed by atoms with Crippen LogP contribution < -0.4 is 10.6 Å². The highest BCUT2D eigenvalue weighted by Crippen LogP contribution is 2.36. The van der Waals surface area contributed by atoms with Gasteiger partial charge in [-0.1, -0.05) is 12.8 Å².